The number of anilines is 1. The summed E-state index contributed by atoms with van der Waals surface area (Å²) in [4.78, 5) is 12.1. The highest BCUT2D eigenvalue weighted by Crippen LogP contribution is 2.29. The molecule has 0 spiro atoms. The van der Waals surface area contributed by atoms with Crippen LogP contribution in [0.2, 0.25) is 0 Å². The third-order valence-corrected chi connectivity index (χ3v) is 3.91. The lowest BCUT2D eigenvalue weighted by Gasteiger charge is -2.17. The molecule has 0 saturated carbocycles. The monoisotopic (exact) mass is 297 g/mol. The molecule has 1 heterocycles. The van der Waals surface area contributed by atoms with E-state index in [0.29, 0.717) is 11.0 Å². The highest BCUT2D eigenvalue weighted by Gasteiger charge is 2.40. The van der Waals surface area contributed by atoms with Crippen LogP contribution in [0.3, 0.4) is 0 Å². The van der Waals surface area contributed by atoms with Gasteiger partial charge < -0.3 is 4.90 Å². The predicted molar refractivity (Wildman–Crippen MR) is 57.1 cm³/mol. The van der Waals surface area contributed by atoms with Crippen LogP contribution < -0.4 is 4.90 Å². The van der Waals surface area contributed by atoms with Crippen molar-refractivity contribution in [1.82, 2.24) is 0 Å². The number of nitrogens with zero attached hydrogens (tertiary/aromatic N) is 1. The first kappa shape index (κ1) is 13.8. The van der Waals surface area contributed by atoms with Crippen LogP contribution in [0, 0.1) is 17.5 Å². The molecule has 0 aromatic heterocycles. The molecular formula is C10H7F4NO3S. The van der Waals surface area contributed by atoms with Crippen molar-refractivity contribution in [2.24, 2.45) is 0 Å². The first-order valence-corrected chi connectivity index (χ1v) is 6.54. The van der Waals surface area contributed by atoms with Crippen molar-refractivity contribution in [3.63, 3.8) is 0 Å². The molecule has 1 atom stereocenters. The summed E-state index contributed by atoms with van der Waals surface area (Å²) >= 11 is 0. The Kier molecular flexibility index (Phi) is 3.25. The predicted octanol–water partition coefficient (Wildman–Crippen LogP) is 1.51. The molecule has 1 aromatic rings. The molecule has 1 amide bonds. The van der Waals surface area contributed by atoms with Gasteiger partial charge in [0, 0.05) is 13.0 Å². The molecule has 9 heteroatoms. The summed E-state index contributed by atoms with van der Waals surface area (Å²) in [5.74, 6) is -5.72. The highest BCUT2D eigenvalue weighted by atomic mass is 32.3. The molecule has 104 valence electrons. The lowest BCUT2D eigenvalue weighted by Crippen LogP contribution is -2.28. The number of hydrogen-bond donors (Lipinski definition) is 0. The summed E-state index contributed by atoms with van der Waals surface area (Å²) in [6.45, 7) is -0.639. The van der Waals surface area contributed by atoms with Crippen LogP contribution in [0.25, 0.3) is 0 Å². The van der Waals surface area contributed by atoms with Crippen LogP contribution in [0.1, 0.15) is 6.42 Å². The topological polar surface area (TPSA) is 54.5 Å². The molecule has 1 saturated heterocycles. The average Bonchev–Trinajstić information content (AvgIpc) is 2.68. The van der Waals surface area contributed by atoms with Gasteiger partial charge in [0.15, 0.2) is 17.5 Å². The Morgan fingerprint density at radius 3 is 2.32 bits per heavy atom. The molecule has 2 rings (SSSR count). The second kappa shape index (κ2) is 4.48. The van der Waals surface area contributed by atoms with E-state index in [1.165, 1.54) is 0 Å². The van der Waals surface area contributed by atoms with Crippen LogP contribution in [0.5, 0.6) is 0 Å². The fraction of sp³-hybridized carbons (Fsp3) is 0.300. The minimum atomic E-state index is -4.96. The molecule has 4 nitrogen and oxygen atoms in total. The molecule has 0 radical (unpaired) electrons. The van der Waals surface area contributed by atoms with Crippen LogP contribution in [0.15, 0.2) is 12.1 Å². The number of carbonyl (C=O) groups excluding carboxylic acids is 1. The highest BCUT2D eigenvalue weighted by molar-refractivity contribution is 7.87. The Bertz CT molecular complexity index is 646. The number of rotatable bonds is 2. The fourth-order valence-electron chi connectivity index (χ4n) is 1.82. The van der Waals surface area contributed by atoms with E-state index in [1.54, 1.807) is 0 Å². The van der Waals surface area contributed by atoms with Gasteiger partial charge in [0.1, 0.15) is 5.25 Å². The van der Waals surface area contributed by atoms with Crippen molar-refractivity contribution in [3.8, 4) is 0 Å². The van der Waals surface area contributed by atoms with Crippen molar-refractivity contribution in [3.05, 3.63) is 29.6 Å². The van der Waals surface area contributed by atoms with Gasteiger partial charge in [-0.2, -0.15) is 8.42 Å². The molecule has 0 aliphatic carbocycles. The first-order valence-electron chi connectivity index (χ1n) is 5.09. The van der Waals surface area contributed by atoms with Crippen molar-refractivity contribution < 1.29 is 30.3 Å². The van der Waals surface area contributed by atoms with E-state index >= 15 is 0 Å². The van der Waals surface area contributed by atoms with E-state index in [1.807, 2.05) is 0 Å². The third kappa shape index (κ3) is 2.42. The van der Waals surface area contributed by atoms with Gasteiger partial charge in [-0.05, 0) is 12.1 Å². The summed E-state index contributed by atoms with van der Waals surface area (Å²) in [5.41, 5.74) is -0.616. The second-order valence-electron chi connectivity index (χ2n) is 4.00. The smallest absolute Gasteiger partial charge is 0.307 e. The molecule has 1 fully saturated rings. The first-order chi connectivity index (χ1) is 8.71. The van der Waals surface area contributed by atoms with E-state index in [0.717, 1.165) is 6.07 Å². The van der Waals surface area contributed by atoms with E-state index in [9.17, 15) is 30.3 Å². The van der Waals surface area contributed by atoms with E-state index in [4.69, 9.17) is 0 Å². The van der Waals surface area contributed by atoms with Gasteiger partial charge >= 0.3 is 10.2 Å². The molecule has 1 aliphatic rings. The molecule has 19 heavy (non-hydrogen) atoms. The van der Waals surface area contributed by atoms with E-state index in [2.05, 4.69) is 0 Å². The van der Waals surface area contributed by atoms with E-state index in [-0.39, 0.29) is 0 Å². The number of halogens is 4. The lowest BCUT2D eigenvalue weighted by atomic mass is 10.2. The van der Waals surface area contributed by atoms with Crippen LogP contribution in [-0.4, -0.2) is 26.1 Å². The molecule has 0 bridgehead atoms. The molecular weight excluding hydrogens is 290 g/mol. The quantitative estimate of drug-likeness (QED) is 0.472. The summed E-state index contributed by atoms with van der Waals surface area (Å²) < 4.78 is 73.4. The Balaban J connectivity index is 2.39. The number of hydrogen-bond acceptors (Lipinski definition) is 3. The Labute approximate surface area is 105 Å². The van der Waals surface area contributed by atoms with Crippen molar-refractivity contribution in [2.45, 2.75) is 11.7 Å². The summed E-state index contributed by atoms with van der Waals surface area (Å²) in [6.07, 6.45) is -0.669. The largest absolute Gasteiger partial charge is 0.308 e. The van der Waals surface area contributed by atoms with Gasteiger partial charge in [-0.15, -0.1) is 3.89 Å². The SMILES string of the molecule is O=C1CC(S(=O)(=O)F)CN1c1ccc(F)c(F)c1F. The van der Waals surface area contributed by atoms with Gasteiger partial charge in [-0.1, -0.05) is 0 Å². The van der Waals surface area contributed by atoms with Gasteiger partial charge in [0.25, 0.3) is 0 Å². The van der Waals surface area contributed by atoms with Crippen LogP contribution in [-0.2, 0) is 15.0 Å². The van der Waals surface area contributed by atoms with Crippen molar-refractivity contribution >= 4 is 21.8 Å². The van der Waals surface area contributed by atoms with Crippen LogP contribution in [0.4, 0.5) is 22.7 Å². The van der Waals surface area contributed by atoms with Gasteiger partial charge in [0.05, 0.1) is 5.69 Å². The maximum Gasteiger partial charge on any atom is 0.307 e. The summed E-state index contributed by atoms with van der Waals surface area (Å²) in [6, 6.07) is 1.39. The Hall–Kier alpha value is -1.64. The van der Waals surface area contributed by atoms with Crippen molar-refractivity contribution in [1.29, 1.82) is 0 Å². The zero-order chi connectivity index (χ0) is 14.4. The third-order valence-electron chi connectivity index (χ3n) is 2.79. The number of carbonyl (C=O) groups is 1. The lowest BCUT2D eigenvalue weighted by molar-refractivity contribution is -0.117. The second-order valence-corrected chi connectivity index (χ2v) is 5.62. The van der Waals surface area contributed by atoms with E-state index < -0.39 is 57.5 Å². The zero-order valence-electron chi connectivity index (χ0n) is 9.24. The molecule has 1 aromatic carbocycles. The molecule has 1 unspecified atom stereocenters. The van der Waals surface area contributed by atoms with Gasteiger partial charge in [-0.25, -0.2) is 13.2 Å². The maximum absolute atomic E-state index is 13.5. The standard InChI is InChI=1S/C10H7F4NO3S/c11-6-1-2-7(10(13)9(6)12)15-4-5(3-8(15)16)19(14,17)18/h1-2,5H,3-4H2. The molecule has 1 aliphatic heterocycles. The van der Waals surface area contributed by atoms with Gasteiger partial charge in [0.2, 0.25) is 5.91 Å². The number of amides is 1. The van der Waals surface area contributed by atoms with Crippen molar-refractivity contribution in [2.75, 3.05) is 11.4 Å². The summed E-state index contributed by atoms with van der Waals surface area (Å²) in [7, 11) is -4.96. The van der Waals surface area contributed by atoms with Gasteiger partial charge in [-0.3, -0.25) is 4.79 Å². The Morgan fingerprint density at radius 1 is 1.16 bits per heavy atom. The zero-order valence-corrected chi connectivity index (χ0v) is 10.1. The maximum atomic E-state index is 13.5. The number of benzene rings is 1. The molecule has 0 N–H and O–H groups in total. The minimum absolute atomic E-state index is 0.583. The normalized spacial score (nSPS) is 20.1. The Morgan fingerprint density at radius 2 is 1.79 bits per heavy atom. The van der Waals surface area contributed by atoms with Crippen LogP contribution >= 0.6 is 0 Å². The minimum Gasteiger partial charge on any atom is -0.308 e. The fourth-order valence-corrected chi connectivity index (χ4v) is 2.49. The average molecular weight is 297 g/mol. The summed E-state index contributed by atoms with van der Waals surface area (Å²) in [5, 5.41) is -1.63.